The molecule has 2 heterocycles. The number of nitrogens with zero attached hydrogens (tertiary/aromatic N) is 2. The van der Waals surface area contributed by atoms with E-state index in [1.54, 1.807) is 13.3 Å². The molecule has 0 radical (unpaired) electrons. The van der Waals surface area contributed by atoms with Crippen molar-refractivity contribution >= 4 is 26.8 Å². The number of rotatable bonds is 3. The van der Waals surface area contributed by atoms with Crippen LogP contribution in [0.5, 0.6) is 5.75 Å². The molecule has 2 aromatic carbocycles. The van der Waals surface area contributed by atoms with Crippen molar-refractivity contribution in [2.24, 2.45) is 0 Å². The average molecular weight is 391 g/mol. The van der Waals surface area contributed by atoms with Crippen LogP contribution in [-0.4, -0.2) is 17.1 Å². The predicted octanol–water partition coefficient (Wildman–Crippen LogP) is 5.73. The van der Waals surface area contributed by atoms with E-state index in [-0.39, 0.29) is 0 Å². The number of hydrogen-bond donors (Lipinski definition) is 0. The van der Waals surface area contributed by atoms with E-state index in [9.17, 15) is 0 Å². The number of aromatic nitrogens is 2. The molecule has 2 aromatic heterocycles. The fourth-order valence-electron chi connectivity index (χ4n) is 2.85. The summed E-state index contributed by atoms with van der Waals surface area (Å²) in [6.45, 7) is 0. The summed E-state index contributed by atoms with van der Waals surface area (Å²) in [6.07, 6.45) is 1.79. The lowest BCUT2D eigenvalue weighted by Gasteiger charge is -2.11. The van der Waals surface area contributed by atoms with Gasteiger partial charge in [0.2, 0.25) is 0 Å². The number of benzene rings is 2. The number of ether oxygens (including phenoxy) is 1. The summed E-state index contributed by atoms with van der Waals surface area (Å²) in [5, 5.41) is 1.10. The van der Waals surface area contributed by atoms with Crippen LogP contribution >= 0.6 is 15.9 Å². The number of fused-ring (bicyclic) bond motifs is 1. The van der Waals surface area contributed by atoms with E-state index >= 15 is 0 Å². The minimum absolute atomic E-state index is 0.841. The normalized spacial score (nSPS) is 10.8. The molecule has 0 N–H and O–H groups in total. The van der Waals surface area contributed by atoms with Crippen molar-refractivity contribution in [3.05, 3.63) is 77.4 Å². The van der Waals surface area contributed by atoms with Crippen LogP contribution in [0.15, 0.2) is 77.4 Å². The Balaban J connectivity index is 1.97. The summed E-state index contributed by atoms with van der Waals surface area (Å²) in [5.41, 5.74) is 4.90. The molecule has 3 nitrogen and oxygen atoms in total. The van der Waals surface area contributed by atoms with Gasteiger partial charge in [-0.1, -0.05) is 34.1 Å². The van der Waals surface area contributed by atoms with Crippen molar-refractivity contribution in [1.82, 2.24) is 9.97 Å². The standard InChI is InChI=1S/C21H15BrN2O/c1-25-16-8-5-14(6-9-16)17-13-21(20-4-2-3-11-23-20)24-19-10-7-15(22)12-18(17)19/h2-13H,1H3. The Morgan fingerprint density at radius 1 is 0.880 bits per heavy atom. The third-order valence-corrected chi connectivity index (χ3v) is 4.59. The molecule has 0 unspecified atom stereocenters. The van der Waals surface area contributed by atoms with Crippen LogP contribution in [0.3, 0.4) is 0 Å². The van der Waals surface area contributed by atoms with Crippen molar-refractivity contribution in [3.8, 4) is 28.3 Å². The number of hydrogen-bond acceptors (Lipinski definition) is 3. The molecule has 0 fully saturated rings. The van der Waals surface area contributed by atoms with Crippen molar-refractivity contribution in [1.29, 1.82) is 0 Å². The molecule has 0 aliphatic rings. The van der Waals surface area contributed by atoms with E-state index in [2.05, 4.69) is 45.2 Å². The van der Waals surface area contributed by atoms with Crippen LogP contribution in [0.25, 0.3) is 33.4 Å². The largest absolute Gasteiger partial charge is 0.497 e. The Bertz CT molecular complexity index is 1030. The Morgan fingerprint density at radius 2 is 1.72 bits per heavy atom. The van der Waals surface area contributed by atoms with E-state index in [0.29, 0.717) is 0 Å². The fourth-order valence-corrected chi connectivity index (χ4v) is 3.21. The molecule has 25 heavy (non-hydrogen) atoms. The maximum absolute atomic E-state index is 5.27. The molecule has 0 bridgehead atoms. The molecular formula is C21H15BrN2O. The predicted molar refractivity (Wildman–Crippen MR) is 105 cm³/mol. The minimum atomic E-state index is 0.841. The summed E-state index contributed by atoms with van der Waals surface area (Å²) in [5.74, 6) is 0.841. The average Bonchev–Trinajstić information content (AvgIpc) is 2.68. The highest BCUT2D eigenvalue weighted by molar-refractivity contribution is 9.10. The second kappa shape index (κ2) is 6.65. The van der Waals surface area contributed by atoms with Gasteiger partial charge in [-0.3, -0.25) is 4.98 Å². The molecule has 0 aliphatic heterocycles. The molecule has 0 amide bonds. The maximum atomic E-state index is 5.27. The van der Waals surface area contributed by atoms with Crippen LogP contribution in [-0.2, 0) is 0 Å². The van der Waals surface area contributed by atoms with Gasteiger partial charge in [0.05, 0.1) is 24.0 Å². The second-order valence-corrected chi connectivity index (χ2v) is 6.58. The zero-order valence-corrected chi connectivity index (χ0v) is 15.2. The van der Waals surface area contributed by atoms with Crippen LogP contribution in [0.2, 0.25) is 0 Å². The number of methoxy groups -OCH3 is 1. The van der Waals surface area contributed by atoms with E-state index < -0.39 is 0 Å². The second-order valence-electron chi connectivity index (χ2n) is 5.66. The third-order valence-electron chi connectivity index (χ3n) is 4.10. The van der Waals surface area contributed by atoms with Crippen molar-refractivity contribution in [2.45, 2.75) is 0 Å². The van der Waals surface area contributed by atoms with Crippen molar-refractivity contribution in [3.63, 3.8) is 0 Å². The first kappa shape index (κ1) is 15.8. The highest BCUT2D eigenvalue weighted by Gasteiger charge is 2.11. The molecule has 0 saturated carbocycles. The molecule has 0 aliphatic carbocycles. The van der Waals surface area contributed by atoms with Gasteiger partial charge in [0, 0.05) is 16.1 Å². The Morgan fingerprint density at radius 3 is 2.44 bits per heavy atom. The lowest BCUT2D eigenvalue weighted by molar-refractivity contribution is 0.415. The Labute approximate surface area is 154 Å². The van der Waals surface area contributed by atoms with Gasteiger partial charge in [0.1, 0.15) is 5.75 Å². The van der Waals surface area contributed by atoms with E-state index in [4.69, 9.17) is 9.72 Å². The zero-order valence-electron chi connectivity index (χ0n) is 13.6. The fraction of sp³-hybridized carbons (Fsp3) is 0.0476. The smallest absolute Gasteiger partial charge is 0.118 e. The summed E-state index contributed by atoms with van der Waals surface area (Å²) in [4.78, 5) is 9.24. The van der Waals surface area contributed by atoms with Gasteiger partial charge in [-0.2, -0.15) is 0 Å². The highest BCUT2D eigenvalue weighted by atomic mass is 79.9. The van der Waals surface area contributed by atoms with Gasteiger partial charge in [0.15, 0.2) is 0 Å². The Hall–Kier alpha value is -2.72. The number of pyridine rings is 2. The topological polar surface area (TPSA) is 35.0 Å². The highest BCUT2D eigenvalue weighted by Crippen LogP contribution is 2.33. The molecular weight excluding hydrogens is 376 g/mol. The summed E-state index contributed by atoms with van der Waals surface area (Å²) >= 11 is 3.57. The Kier molecular flexibility index (Phi) is 4.20. The van der Waals surface area contributed by atoms with Crippen LogP contribution in [0.1, 0.15) is 0 Å². The van der Waals surface area contributed by atoms with Crippen LogP contribution in [0.4, 0.5) is 0 Å². The molecule has 0 atom stereocenters. The zero-order chi connectivity index (χ0) is 17.2. The first-order chi connectivity index (χ1) is 12.2. The molecule has 122 valence electrons. The monoisotopic (exact) mass is 390 g/mol. The third kappa shape index (κ3) is 3.13. The van der Waals surface area contributed by atoms with Gasteiger partial charge in [-0.15, -0.1) is 0 Å². The molecule has 0 saturated heterocycles. The van der Waals surface area contributed by atoms with Gasteiger partial charge in [-0.05, 0) is 59.7 Å². The van der Waals surface area contributed by atoms with Crippen molar-refractivity contribution in [2.75, 3.05) is 7.11 Å². The first-order valence-corrected chi connectivity index (χ1v) is 8.70. The van der Waals surface area contributed by atoms with Crippen LogP contribution < -0.4 is 4.74 Å². The van der Waals surface area contributed by atoms with E-state index in [1.807, 2.05) is 42.5 Å². The van der Waals surface area contributed by atoms with Gasteiger partial charge >= 0.3 is 0 Å². The minimum Gasteiger partial charge on any atom is -0.497 e. The summed E-state index contributed by atoms with van der Waals surface area (Å²) < 4.78 is 6.30. The maximum Gasteiger partial charge on any atom is 0.118 e. The van der Waals surface area contributed by atoms with Gasteiger partial charge in [0.25, 0.3) is 0 Å². The lowest BCUT2D eigenvalue weighted by atomic mass is 9.99. The molecule has 0 spiro atoms. The lowest BCUT2D eigenvalue weighted by Crippen LogP contribution is -1.92. The molecule has 4 aromatic rings. The quantitative estimate of drug-likeness (QED) is 0.447. The summed E-state index contributed by atoms with van der Waals surface area (Å²) in [7, 11) is 1.67. The first-order valence-electron chi connectivity index (χ1n) is 7.91. The van der Waals surface area contributed by atoms with E-state index in [1.165, 1.54) is 0 Å². The summed E-state index contributed by atoms with van der Waals surface area (Å²) in [6, 6.07) is 22.2. The van der Waals surface area contributed by atoms with Gasteiger partial charge in [-0.25, -0.2) is 4.98 Å². The van der Waals surface area contributed by atoms with Crippen molar-refractivity contribution < 1.29 is 4.74 Å². The van der Waals surface area contributed by atoms with Crippen LogP contribution in [0, 0.1) is 0 Å². The van der Waals surface area contributed by atoms with E-state index in [0.717, 1.165) is 43.6 Å². The molecule has 4 rings (SSSR count). The SMILES string of the molecule is COc1ccc(-c2cc(-c3ccccn3)nc3ccc(Br)cc23)cc1. The number of halogens is 1. The van der Waals surface area contributed by atoms with Gasteiger partial charge < -0.3 is 4.74 Å². The molecule has 4 heteroatoms.